The number of likely N-dealkylation sites (tertiary alicyclic amines) is 1. The summed E-state index contributed by atoms with van der Waals surface area (Å²) < 4.78 is 6.25. The molecule has 1 aliphatic heterocycles. The van der Waals surface area contributed by atoms with Gasteiger partial charge < -0.3 is 9.64 Å². The Morgan fingerprint density at radius 3 is 2.47 bits per heavy atom. The van der Waals surface area contributed by atoms with Gasteiger partial charge in [0.2, 0.25) is 0 Å². The predicted molar refractivity (Wildman–Crippen MR) is 79.9 cm³/mol. The molecule has 1 aromatic carbocycles. The van der Waals surface area contributed by atoms with Gasteiger partial charge in [0.15, 0.2) is 0 Å². The first-order valence-electron chi connectivity index (χ1n) is 6.71. The molecule has 1 aromatic rings. The average Bonchev–Trinajstić information content (AvgIpc) is 2.90. The van der Waals surface area contributed by atoms with Crippen LogP contribution in [0, 0.1) is 0 Å². The first-order chi connectivity index (χ1) is 9.04. The monoisotopic (exact) mass is 325 g/mol. The van der Waals surface area contributed by atoms with Crippen LogP contribution in [0.2, 0.25) is 0 Å². The van der Waals surface area contributed by atoms with Gasteiger partial charge in [-0.1, -0.05) is 13.8 Å². The van der Waals surface area contributed by atoms with Crippen molar-refractivity contribution in [3.8, 4) is 5.75 Å². The Morgan fingerprint density at radius 1 is 1.32 bits per heavy atom. The van der Waals surface area contributed by atoms with Crippen molar-refractivity contribution in [2.24, 2.45) is 0 Å². The van der Waals surface area contributed by atoms with E-state index in [4.69, 9.17) is 4.74 Å². The van der Waals surface area contributed by atoms with Crippen molar-refractivity contribution in [2.75, 3.05) is 20.2 Å². The molecule has 1 saturated heterocycles. The first kappa shape index (κ1) is 14.4. The van der Waals surface area contributed by atoms with Crippen LogP contribution in [0.25, 0.3) is 0 Å². The third-order valence-corrected chi connectivity index (χ3v) is 4.15. The maximum Gasteiger partial charge on any atom is 0.257 e. The number of amides is 1. The van der Waals surface area contributed by atoms with E-state index in [9.17, 15) is 4.79 Å². The molecule has 1 fully saturated rings. The van der Waals surface area contributed by atoms with Crippen LogP contribution in [0.5, 0.6) is 5.75 Å². The van der Waals surface area contributed by atoms with E-state index in [1.165, 1.54) is 0 Å². The lowest BCUT2D eigenvalue weighted by molar-refractivity contribution is 0.0789. The molecule has 1 heterocycles. The highest BCUT2D eigenvalue weighted by Crippen LogP contribution is 2.34. The Bertz CT molecular complexity index is 479. The van der Waals surface area contributed by atoms with Crippen LogP contribution >= 0.6 is 15.9 Å². The minimum absolute atomic E-state index is 0.0811. The molecular formula is C15H20BrNO2. The van der Waals surface area contributed by atoms with Crippen molar-refractivity contribution >= 4 is 21.8 Å². The van der Waals surface area contributed by atoms with Crippen LogP contribution in [0.3, 0.4) is 0 Å². The molecule has 1 amide bonds. The van der Waals surface area contributed by atoms with Crippen molar-refractivity contribution in [3.63, 3.8) is 0 Å². The summed E-state index contributed by atoms with van der Waals surface area (Å²) in [5.74, 6) is 1.10. The minimum atomic E-state index is 0.0811. The van der Waals surface area contributed by atoms with Gasteiger partial charge in [-0.25, -0.2) is 0 Å². The Morgan fingerprint density at radius 2 is 1.95 bits per heavy atom. The lowest BCUT2D eigenvalue weighted by atomic mass is 9.99. The summed E-state index contributed by atoms with van der Waals surface area (Å²) in [5.41, 5.74) is 1.82. The number of rotatable bonds is 3. The summed E-state index contributed by atoms with van der Waals surface area (Å²) in [6, 6.07) is 4.00. The topological polar surface area (TPSA) is 29.5 Å². The van der Waals surface area contributed by atoms with E-state index >= 15 is 0 Å². The molecule has 0 N–H and O–H groups in total. The fourth-order valence-corrected chi connectivity index (χ4v) is 3.04. The van der Waals surface area contributed by atoms with Crippen LogP contribution in [0.1, 0.15) is 48.5 Å². The number of hydrogen-bond donors (Lipinski definition) is 0. The summed E-state index contributed by atoms with van der Waals surface area (Å²) in [6.45, 7) is 5.95. The molecule has 0 radical (unpaired) electrons. The Hall–Kier alpha value is -1.03. The molecule has 0 unspecified atom stereocenters. The minimum Gasteiger partial charge on any atom is -0.495 e. The molecule has 0 aliphatic carbocycles. The van der Waals surface area contributed by atoms with E-state index in [1.54, 1.807) is 7.11 Å². The predicted octanol–water partition coefficient (Wildman–Crippen LogP) is 3.82. The lowest BCUT2D eigenvalue weighted by Crippen LogP contribution is -2.28. The maximum atomic E-state index is 12.6. The number of nitrogens with zero attached hydrogens (tertiary/aromatic N) is 1. The van der Waals surface area contributed by atoms with Crippen LogP contribution in [-0.2, 0) is 0 Å². The smallest absolute Gasteiger partial charge is 0.257 e. The lowest BCUT2D eigenvalue weighted by Gasteiger charge is -2.19. The number of ether oxygens (including phenoxy) is 1. The number of carbonyl (C=O) groups is 1. The molecule has 4 heteroatoms. The molecule has 3 nitrogen and oxygen atoms in total. The highest BCUT2D eigenvalue weighted by molar-refractivity contribution is 9.10. The first-order valence-corrected chi connectivity index (χ1v) is 7.50. The van der Waals surface area contributed by atoms with Gasteiger partial charge in [0, 0.05) is 13.1 Å². The van der Waals surface area contributed by atoms with Crippen molar-refractivity contribution in [2.45, 2.75) is 32.6 Å². The van der Waals surface area contributed by atoms with Gasteiger partial charge in [0.05, 0.1) is 17.1 Å². The molecule has 0 aromatic heterocycles. The largest absolute Gasteiger partial charge is 0.495 e. The molecule has 0 atom stereocenters. The fourth-order valence-electron chi connectivity index (χ4n) is 2.40. The molecule has 0 saturated carbocycles. The van der Waals surface area contributed by atoms with Crippen LogP contribution in [-0.4, -0.2) is 31.0 Å². The van der Waals surface area contributed by atoms with Gasteiger partial charge in [-0.05, 0) is 52.4 Å². The van der Waals surface area contributed by atoms with E-state index in [0.29, 0.717) is 17.2 Å². The molecule has 1 aliphatic rings. The van der Waals surface area contributed by atoms with Crippen molar-refractivity contribution < 1.29 is 9.53 Å². The standard InChI is InChI=1S/C15H20BrNO2/c1-10(2)11-8-12(14(19-3)13(16)9-11)15(18)17-6-4-5-7-17/h8-10H,4-7H2,1-3H3. The molecule has 0 spiro atoms. The summed E-state index contributed by atoms with van der Waals surface area (Å²) in [5, 5.41) is 0. The summed E-state index contributed by atoms with van der Waals surface area (Å²) in [7, 11) is 1.61. The highest BCUT2D eigenvalue weighted by atomic mass is 79.9. The summed E-state index contributed by atoms with van der Waals surface area (Å²) in [4.78, 5) is 14.5. The quantitative estimate of drug-likeness (QED) is 0.845. The van der Waals surface area contributed by atoms with Crippen LogP contribution in [0.4, 0.5) is 0 Å². The number of hydrogen-bond acceptors (Lipinski definition) is 2. The highest BCUT2D eigenvalue weighted by Gasteiger charge is 2.24. The molecule has 0 bridgehead atoms. The van der Waals surface area contributed by atoms with Gasteiger partial charge in [-0.3, -0.25) is 4.79 Å². The number of methoxy groups -OCH3 is 1. The summed E-state index contributed by atoms with van der Waals surface area (Å²) in [6.07, 6.45) is 2.19. The molecular weight excluding hydrogens is 306 g/mol. The second-order valence-electron chi connectivity index (χ2n) is 5.24. The number of halogens is 1. The Balaban J connectivity index is 2.43. The zero-order chi connectivity index (χ0) is 14.0. The average molecular weight is 326 g/mol. The van der Waals surface area contributed by atoms with Gasteiger partial charge in [-0.15, -0.1) is 0 Å². The van der Waals surface area contributed by atoms with Gasteiger partial charge in [-0.2, -0.15) is 0 Å². The van der Waals surface area contributed by atoms with E-state index in [1.807, 2.05) is 17.0 Å². The normalized spacial score (nSPS) is 15.1. The van der Waals surface area contributed by atoms with Crippen molar-refractivity contribution in [1.29, 1.82) is 0 Å². The molecule has 2 rings (SSSR count). The van der Waals surface area contributed by atoms with Crippen molar-refractivity contribution in [1.82, 2.24) is 4.90 Å². The Kier molecular flexibility index (Phi) is 4.50. The molecule has 19 heavy (non-hydrogen) atoms. The third kappa shape index (κ3) is 2.94. The zero-order valence-corrected chi connectivity index (χ0v) is 13.3. The van der Waals surface area contributed by atoms with Crippen LogP contribution < -0.4 is 4.74 Å². The summed E-state index contributed by atoms with van der Waals surface area (Å²) >= 11 is 3.51. The third-order valence-electron chi connectivity index (χ3n) is 3.56. The second-order valence-corrected chi connectivity index (χ2v) is 6.09. The van der Waals surface area contributed by atoms with Crippen molar-refractivity contribution in [3.05, 3.63) is 27.7 Å². The van der Waals surface area contributed by atoms with Gasteiger partial charge >= 0.3 is 0 Å². The fraction of sp³-hybridized carbons (Fsp3) is 0.533. The number of benzene rings is 1. The second kappa shape index (κ2) is 5.95. The van der Waals surface area contributed by atoms with Gasteiger partial charge in [0.25, 0.3) is 5.91 Å². The van der Waals surface area contributed by atoms with E-state index in [0.717, 1.165) is 36.0 Å². The van der Waals surface area contributed by atoms with E-state index < -0.39 is 0 Å². The number of carbonyl (C=O) groups excluding carboxylic acids is 1. The van der Waals surface area contributed by atoms with Gasteiger partial charge in [0.1, 0.15) is 5.75 Å². The van der Waals surface area contributed by atoms with E-state index in [2.05, 4.69) is 29.8 Å². The SMILES string of the molecule is COc1c(Br)cc(C(C)C)cc1C(=O)N1CCCC1. The maximum absolute atomic E-state index is 12.6. The Labute approximate surface area is 123 Å². The zero-order valence-electron chi connectivity index (χ0n) is 11.7. The van der Waals surface area contributed by atoms with E-state index in [-0.39, 0.29) is 5.91 Å². The molecule has 104 valence electrons. The van der Waals surface area contributed by atoms with Crippen LogP contribution in [0.15, 0.2) is 16.6 Å².